The third-order valence-corrected chi connectivity index (χ3v) is 12.9. The number of aromatic hydroxyl groups is 1. The molecule has 318 valence electrons. The number of benzene rings is 5. The Kier molecular flexibility index (Phi) is 10.4. The van der Waals surface area contributed by atoms with E-state index in [9.17, 15) is 5.11 Å². The average molecular weight is 996 g/mol. The summed E-state index contributed by atoms with van der Waals surface area (Å²) in [5.74, 6) is 0.977. The molecule has 0 aliphatic heterocycles. The van der Waals surface area contributed by atoms with Crippen LogP contribution in [-0.4, -0.2) is 15.1 Å². The van der Waals surface area contributed by atoms with Crippen molar-refractivity contribution in [3.05, 3.63) is 178 Å². The van der Waals surface area contributed by atoms with Crippen LogP contribution in [0.1, 0.15) is 128 Å². The van der Waals surface area contributed by atoms with Gasteiger partial charge < -0.3 is 15.0 Å². The zero-order valence-corrected chi connectivity index (χ0v) is 40.5. The molecule has 0 radical (unpaired) electrons. The van der Waals surface area contributed by atoms with Crippen molar-refractivity contribution in [1.29, 1.82) is 0 Å². The van der Waals surface area contributed by atoms with Crippen molar-refractivity contribution in [3.8, 4) is 39.4 Å². The molecular weight excluding hydrogens is 938 g/mol. The van der Waals surface area contributed by atoms with Crippen LogP contribution in [0, 0.1) is 6.07 Å². The molecule has 0 amide bonds. The van der Waals surface area contributed by atoms with Crippen molar-refractivity contribution in [2.24, 2.45) is 0 Å². The first kappa shape index (κ1) is 43.3. The Hall–Kier alpha value is -5.31. The van der Waals surface area contributed by atoms with Crippen LogP contribution in [0.25, 0.3) is 33.6 Å². The number of phenols is 1. The second kappa shape index (κ2) is 14.9. The monoisotopic (exact) mass is 995 g/mol. The Bertz CT molecular complexity index is 2770. The Balaban J connectivity index is 0.00000529. The molecule has 1 N–H and O–H groups in total. The maximum atomic E-state index is 12.1. The second-order valence-corrected chi connectivity index (χ2v) is 21.3. The van der Waals surface area contributed by atoms with Crippen LogP contribution >= 0.6 is 0 Å². The van der Waals surface area contributed by atoms with Crippen LogP contribution in [0.5, 0.6) is 5.75 Å². The van der Waals surface area contributed by atoms with Crippen molar-refractivity contribution in [2.75, 3.05) is 4.90 Å². The molecule has 5 heteroatoms. The minimum atomic E-state index is -0.691. The van der Waals surface area contributed by atoms with Crippen LogP contribution in [0.4, 0.5) is 17.2 Å². The quantitative estimate of drug-likeness (QED) is 0.179. The molecule has 2 aliphatic carbocycles. The van der Waals surface area contributed by atoms with E-state index in [-0.39, 0.29) is 48.5 Å². The minimum Gasteiger partial charge on any atom is -0.507 e. The Morgan fingerprint density at radius 3 is 1.66 bits per heavy atom. The van der Waals surface area contributed by atoms with Gasteiger partial charge in [-0.2, -0.15) is 0 Å². The first-order valence-electron chi connectivity index (χ1n) is 21.7. The maximum Gasteiger partial charge on any atom is 0.136 e. The first-order valence-corrected chi connectivity index (χ1v) is 21.7. The molecule has 5 aromatic carbocycles. The Morgan fingerprint density at radius 2 is 1.11 bits per heavy atom. The van der Waals surface area contributed by atoms with Gasteiger partial charge in [0.15, 0.2) is 0 Å². The number of anilines is 3. The molecule has 0 atom stereocenters. The third kappa shape index (κ3) is 7.04. The van der Waals surface area contributed by atoms with Gasteiger partial charge in [0.1, 0.15) is 11.6 Å². The number of hydrogen-bond acceptors (Lipinski definition) is 4. The molecule has 1 spiro atoms. The number of fused-ring (bicyclic) bond motifs is 10. The van der Waals surface area contributed by atoms with Gasteiger partial charge in [-0.05, 0) is 119 Å². The van der Waals surface area contributed by atoms with Gasteiger partial charge in [-0.25, -0.2) is 4.98 Å². The summed E-state index contributed by atoms with van der Waals surface area (Å²) in [6, 6.07) is 47.6. The van der Waals surface area contributed by atoms with Gasteiger partial charge in [-0.15, -0.1) is 29.8 Å². The van der Waals surface area contributed by atoms with Gasteiger partial charge in [-0.1, -0.05) is 156 Å². The molecular formula is C57H58N3OPt-. The first-order chi connectivity index (χ1) is 28.7. The van der Waals surface area contributed by atoms with E-state index < -0.39 is 5.41 Å². The fraction of sp³-hybridized carbons (Fsp3) is 0.298. The van der Waals surface area contributed by atoms with Crippen LogP contribution in [0.15, 0.2) is 128 Å². The Labute approximate surface area is 383 Å². The molecule has 0 fully saturated rings. The predicted octanol–water partition coefficient (Wildman–Crippen LogP) is 14.7. The fourth-order valence-electron chi connectivity index (χ4n) is 9.41. The fourth-order valence-corrected chi connectivity index (χ4v) is 9.41. The van der Waals surface area contributed by atoms with E-state index in [0.717, 1.165) is 50.8 Å². The van der Waals surface area contributed by atoms with Crippen LogP contribution < -0.4 is 4.90 Å². The van der Waals surface area contributed by atoms with Crippen LogP contribution in [0.3, 0.4) is 0 Å². The predicted molar refractivity (Wildman–Crippen MR) is 254 cm³/mol. The molecule has 2 heterocycles. The summed E-state index contributed by atoms with van der Waals surface area (Å²) in [6.07, 6.45) is 1.83. The normalized spacial score (nSPS) is 13.9. The average Bonchev–Trinajstić information content (AvgIpc) is 3.67. The number of rotatable bonds is 4. The van der Waals surface area contributed by atoms with Gasteiger partial charge in [0.05, 0.1) is 11.1 Å². The summed E-state index contributed by atoms with van der Waals surface area (Å²) in [5.41, 5.74) is 16.3. The molecule has 9 rings (SSSR count). The molecule has 0 saturated heterocycles. The SMILES string of the molecule is CC(C)(C)c1cc(N(c2[c-]c(-c3ccccn3)ccc2)c2ccc3c(n2)-c2c(O)cccc2C32c3cc(C(C)(C)C)ccc3-c3ccc(C(C)(C)C)cc32)cc(C(C)(C)C)c1.[Pt]. The summed E-state index contributed by atoms with van der Waals surface area (Å²) in [5, 5.41) is 12.1. The minimum absolute atomic E-state index is 0. The maximum absolute atomic E-state index is 12.1. The van der Waals surface area contributed by atoms with Crippen molar-refractivity contribution in [1.82, 2.24) is 9.97 Å². The van der Waals surface area contributed by atoms with Gasteiger partial charge >= 0.3 is 0 Å². The van der Waals surface area contributed by atoms with E-state index in [2.05, 4.69) is 185 Å². The molecule has 4 nitrogen and oxygen atoms in total. The zero-order valence-electron chi connectivity index (χ0n) is 38.2. The van der Waals surface area contributed by atoms with E-state index >= 15 is 0 Å². The van der Waals surface area contributed by atoms with Crippen molar-refractivity contribution in [2.45, 2.75) is 110 Å². The standard InChI is InChI=1S/C57H58N3O.Pt/c1-53(2,3)36-22-24-42-43-25-23-37(54(4,5)6)34-47(43)57(46(42)33-36)44-19-16-21-49(61)51(44)52-45(57)26-27-50(59-52)60(40-18-15-17-35(29-40)48-20-13-14-28-58-48)41-31-38(55(7,8)9)30-39(32-41)56(10,11)12;/h13-28,30-34,61H,1-12H3;/q-1;. The van der Waals surface area contributed by atoms with Crippen molar-refractivity contribution < 1.29 is 26.2 Å². The van der Waals surface area contributed by atoms with Gasteiger partial charge in [-0.3, -0.25) is 0 Å². The van der Waals surface area contributed by atoms with E-state index in [4.69, 9.17) is 9.97 Å². The second-order valence-electron chi connectivity index (χ2n) is 21.3. The molecule has 7 aromatic rings. The number of phenolic OH excluding ortho intramolecular Hbond substituents is 1. The number of pyridine rings is 2. The summed E-state index contributed by atoms with van der Waals surface area (Å²) < 4.78 is 0. The van der Waals surface area contributed by atoms with Crippen LogP contribution in [0.2, 0.25) is 0 Å². The number of nitrogens with zero attached hydrogens (tertiary/aromatic N) is 3. The van der Waals surface area contributed by atoms with Crippen molar-refractivity contribution >= 4 is 17.2 Å². The molecule has 0 bridgehead atoms. The third-order valence-electron chi connectivity index (χ3n) is 12.9. The molecule has 0 saturated carbocycles. The number of aromatic nitrogens is 2. The molecule has 2 aromatic heterocycles. The number of hydrogen-bond donors (Lipinski definition) is 1. The summed E-state index contributed by atoms with van der Waals surface area (Å²) >= 11 is 0. The molecule has 0 unspecified atom stereocenters. The topological polar surface area (TPSA) is 49.2 Å². The van der Waals surface area contributed by atoms with Crippen LogP contribution in [-0.2, 0) is 48.1 Å². The van der Waals surface area contributed by atoms with E-state index in [1.54, 1.807) is 0 Å². The summed E-state index contributed by atoms with van der Waals surface area (Å²) in [6.45, 7) is 27.3. The zero-order chi connectivity index (χ0) is 43.4. The van der Waals surface area contributed by atoms with Gasteiger partial charge in [0.2, 0.25) is 0 Å². The van der Waals surface area contributed by atoms with Crippen molar-refractivity contribution in [3.63, 3.8) is 0 Å². The summed E-state index contributed by atoms with van der Waals surface area (Å²) in [4.78, 5) is 12.7. The molecule has 62 heavy (non-hydrogen) atoms. The Morgan fingerprint density at radius 1 is 0.532 bits per heavy atom. The van der Waals surface area contributed by atoms with Gasteiger partial charge in [0.25, 0.3) is 0 Å². The smallest absolute Gasteiger partial charge is 0.136 e. The van der Waals surface area contributed by atoms with E-state index in [1.807, 2.05) is 36.5 Å². The largest absolute Gasteiger partial charge is 0.507 e. The summed E-state index contributed by atoms with van der Waals surface area (Å²) in [7, 11) is 0. The van der Waals surface area contributed by atoms with E-state index in [1.165, 1.54) is 44.5 Å². The molecule has 2 aliphatic rings. The van der Waals surface area contributed by atoms with Gasteiger partial charge in [0, 0.05) is 38.5 Å². The van der Waals surface area contributed by atoms with E-state index in [0.29, 0.717) is 0 Å².